The van der Waals surface area contributed by atoms with Crippen molar-refractivity contribution in [3.05, 3.63) is 41.4 Å². The molecule has 1 saturated heterocycles. The first-order valence-corrected chi connectivity index (χ1v) is 12.3. The van der Waals surface area contributed by atoms with E-state index >= 15 is 0 Å². The molecular formula is C26H37ClO5. The summed E-state index contributed by atoms with van der Waals surface area (Å²) in [4.78, 5) is 11.7. The fraction of sp³-hybridized carbons (Fsp3) is 0.654. The number of rotatable bonds is 10. The van der Waals surface area contributed by atoms with Gasteiger partial charge in [-0.2, -0.15) is 0 Å². The van der Waals surface area contributed by atoms with Crippen LogP contribution in [-0.4, -0.2) is 42.6 Å². The lowest BCUT2D eigenvalue weighted by Gasteiger charge is -2.20. The number of fused-ring (bicyclic) bond motifs is 1. The molecule has 1 heterocycles. The minimum Gasteiger partial charge on any atom is -0.491 e. The van der Waals surface area contributed by atoms with E-state index in [0.29, 0.717) is 41.1 Å². The molecular weight excluding hydrogens is 428 g/mol. The molecule has 178 valence electrons. The van der Waals surface area contributed by atoms with E-state index in [1.54, 1.807) is 12.1 Å². The lowest BCUT2D eigenvalue weighted by Crippen LogP contribution is -2.20. The largest absolute Gasteiger partial charge is 0.491 e. The fourth-order valence-corrected chi connectivity index (χ4v) is 5.01. The number of halogens is 1. The maximum atomic E-state index is 11.7. The van der Waals surface area contributed by atoms with Gasteiger partial charge in [0.1, 0.15) is 18.5 Å². The molecule has 5 atom stereocenters. The topological polar surface area (TPSA) is 65.0 Å². The SMILES string of the molecule is CC(C)OC(=O)CCC[C@H]1CC[C@H]2[C@H](CC[C@@H]2/C=C/[C@@H](O)COc2cccc(Cl)c2)OC1. The normalized spacial score (nSPS) is 26.7. The van der Waals surface area contributed by atoms with E-state index in [1.807, 2.05) is 32.1 Å². The van der Waals surface area contributed by atoms with Gasteiger partial charge in [-0.1, -0.05) is 29.8 Å². The molecule has 0 spiro atoms. The van der Waals surface area contributed by atoms with E-state index in [-0.39, 0.29) is 18.7 Å². The lowest BCUT2D eigenvalue weighted by molar-refractivity contribution is -0.147. The number of allylic oxidation sites excluding steroid dienone is 1. The smallest absolute Gasteiger partial charge is 0.306 e. The van der Waals surface area contributed by atoms with Crippen molar-refractivity contribution in [2.24, 2.45) is 17.8 Å². The zero-order chi connectivity index (χ0) is 22.9. The summed E-state index contributed by atoms with van der Waals surface area (Å²) >= 11 is 5.97. The summed E-state index contributed by atoms with van der Waals surface area (Å²) in [5, 5.41) is 10.9. The Morgan fingerprint density at radius 3 is 2.91 bits per heavy atom. The van der Waals surface area contributed by atoms with Crippen molar-refractivity contribution in [1.29, 1.82) is 0 Å². The van der Waals surface area contributed by atoms with Crippen molar-refractivity contribution < 1.29 is 24.1 Å². The molecule has 32 heavy (non-hydrogen) atoms. The fourth-order valence-electron chi connectivity index (χ4n) is 4.83. The average Bonchev–Trinajstić information content (AvgIpc) is 3.02. The number of carbonyl (C=O) groups excluding carboxylic acids is 1. The van der Waals surface area contributed by atoms with Crippen LogP contribution in [-0.2, 0) is 14.3 Å². The van der Waals surface area contributed by atoms with Gasteiger partial charge < -0.3 is 19.3 Å². The highest BCUT2D eigenvalue weighted by atomic mass is 35.5. The van der Waals surface area contributed by atoms with Gasteiger partial charge in [0.25, 0.3) is 0 Å². The van der Waals surface area contributed by atoms with Gasteiger partial charge in [-0.05, 0) is 88.3 Å². The summed E-state index contributed by atoms with van der Waals surface area (Å²) < 4.78 is 17.1. The van der Waals surface area contributed by atoms with Crippen molar-refractivity contribution in [1.82, 2.24) is 0 Å². The maximum Gasteiger partial charge on any atom is 0.306 e. The van der Waals surface area contributed by atoms with E-state index in [2.05, 4.69) is 6.08 Å². The Morgan fingerprint density at radius 2 is 2.12 bits per heavy atom. The van der Waals surface area contributed by atoms with Crippen molar-refractivity contribution in [3.63, 3.8) is 0 Å². The monoisotopic (exact) mass is 464 g/mol. The van der Waals surface area contributed by atoms with Crippen LogP contribution < -0.4 is 4.74 Å². The third-order valence-electron chi connectivity index (χ3n) is 6.42. The molecule has 0 unspecified atom stereocenters. The number of aliphatic hydroxyl groups is 1. The van der Waals surface area contributed by atoms with Gasteiger partial charge in [0, 0.05) is 18.1 Å². The number of hydrogen-bond donors (Lipinski definition) is 1. The van der Waals surface area contributed by atoms with Crippen molar-refractivity contribution in [2.75, 3.05) is 13.2 Å². The van der Waals surface area contributed by atoms with Crippen LogP contribution in [0.15, 0.2) is 36.4 Å². The predicted octanol–water partition coefficient (Wildman–Crippen LogP) is 5.58. The van der Waals surface area contributed by atoms with Gasteiger partial charge in [-0.15, -0.1) is 0 Å². The van der Waals surface area contributed by atoms with E-state index in [0.717, 1.165) is 45.1 Å². The van der Waals surface area contributed by atoms with Gasteiger partial charge in [-0.25, -0.2) is 0 Å². The van der Waals surface area contributed by atoms with Crippen LogP contribution in [0.25, 0.3) is 0 Å². The first kappa shape index (κ1) is 25.1. The Balaban J connectivity index is 1.40. The summed E-state index contributed by atoms with van der Waals surface area (Å²) in [6.45, 7) is 4.75. The molecule has 1 saturated carbocycles. The van der Waals surface area contributed by atoms with Crippen LogP contribution in [0, 0.1) is 17.8 Å². The third kappa shape index (κ3) is 8.09. The highest BCUT2D eigenvalue weighted by Gasteiger charge is 2.37. The van der Waals surface area contributed by atoms with Gasteiger partial charge >= 0.3 is 5.97 Å². The van der Waals surface area contributed by atoms with E-state index in [1.165, 1.54) is 0 Å². The molecule has 2 fully saturated rings. The minimum atomic E-state index is -0.655. The average molecular weight is 465 g/mol. The third-order valence-corrected chi connectivity index (χ3v) is 6.66. The van der Waals surface area contributed by atoms with Crippen LogP contribution in [0.4, 0.5) is 0 Å². The van der Waals surface area contributed by atoms with E-state index in [9.17, 15) is 9.90 Å². The second kappa shape index (κ2) is 12.6. The van der Waals surface area contributed by atoms with Crippen LogP contribution in [0.3, 0.4) is 0 Å². The second-order valence-corrected chi connectivity index (χ2v) is 9.81. The number of ether oxygens (including phenoxy) is 3. The van der Waals surface area contributed by atoms with Crippen molar-refractivity contribution in [2.45, 2.75) is 77.1 Å². The Bertz CT molecular complexity index is 749. The van der Waals surface area contributed by atoms with Crippen LogP contribution >= 0.6 is 11.6 Å². The van der Waals surface area contributed by atoms with Crippen LogP contribution in [0.2, 0.25) is 5.02 Å². The first-order valence-electron chi connectivity index (χ1n) is 12.0. The van der Waals surface area contributed by atoms with Gasteiger partial charge in [0.15, 0.2) is 0 Å². The molecule has 2 aliphatic rings. The van der Waals surface area contributed by atoms with Crippen LogP contribution in [0.5, 0.6) is 5.75 Å². The maximum absolute atomic E-state index is 11.7. The number of benzene rings is 1. The molecule has 1 aromatic rings. The van der Waals surface area contributed by atoms with E-state index < -0.39 is 6.10 Å². The Labute approximate surface area is 197 Å². The van der Waals surface area contributed by atoms with Gasteiger partial charge in [-0.3, -0.25) is 4.79 Å². The molecule has 6 heteroatoms. The molecule has 0 radical (unpaired) electrons. The van der Waals surface area contributed by atoms with Crippen molar-refractivity contribution in [3.8, 4) is 5.75 Å². The zero-order valence-corrected chi connectivity index (χ0v) is 20.0. The lowest BCUT2D eigenvalue weighted by atomic mass is 9.87. The summed E-state index contributed by atoms with van der Waals surface area (Å²) in [7, 11) is 0. The van der Waals surface area contributed by atoms with Gasteiger partial charge in [0.05, 0.1) is 12.2 Å². The molecule has 3 rings (SSSR count). The number of carbonyl (C=O) groups is 1. The van der Waals surface area contributed by atoms with Gasteiger partial charge in [0.2, 0.25) is 0 Å². The summed E-state index contributed by atoms with van der Waals surface area (Å²) in [5.74, 6) is 2.00. The summed E-state index contributed by atoms with van der Waals surface area (Å²) in [6, 6.07) is 7.19. The second-order valence-electron chi connectivity index (χ2n) is 9.37. The standard InChI is InChI=1S/C26H37ClO5/c1-18(2)32-26(29)8-3-5-19-9-13-24-20(11-14-25(24)31-16-19)10-12-22(28)17-30-23-7-4-6-21(27)15-23/h4,6-7,10,12,15,18-20,22,24-25,28H,3,5,8-9,11,13-14,16-17H2,1-2H3/b12-10+/t19-,20-,22+,24+,25-/m0/s1. The Morgan fingerprint density at radius 1 is 1.28 bits per heavy atom. The Hall–Kier alpha value is -1.56. The highest BCUT2D eigenvalue weighted by molar-refractivity contribution is 6.30. The zero-order valence-electron chi connectivity index (χ0n) is 19.3. The van der Waals surface area contributed by atoms with E-state index in [4.69, 9.17) is 25.8 Å². The number of aliphatic hydroxyl groups excluding tert-OH is 1. The van der Waals surface area contributed by atoms with Crippen LogP contribution in [0.1, 0.15) is 58.8 Å². The first-order chi connectivity index (χ1) is 15.4. The Kier molecular flexibility index (Phi) is 9.89. The molecule has 0 amide bonds. The highest BCUT2D eigenvalue weighted by Crippen LogP contribution is 2.41. The quantitative estimate of drug-likeness (QED) is 0.361. The molecule has 5 nitrogen and oxygen atoms in total. The summed E-state index contributed by atoms with van der Waals surface area (Å²) in [5.41, 5.74) is 0. The number of esters is 1. The molecule has 1 N–H and O–H groups in total. The number of hydrogen-bond acceptors (Lipinski definition) is 5. The molecule has 1 aromatic carbocycles. The molecule has 1 aliphatic carbocycles. The molecule has 0 bridgehead atoms. The molecule has 0 aromatic heterocycles. The summed E-state index contributed by atoms with van der Waals surface area (Å²) in [6.07, 6.45) is 10.4. The minimum absolute atomic E-state index is 0.0463. The van der Waals surface area contributed by atoms with Crippen molar-refractivity contribution >= 4 is 17.6 Å². The predicted molar refractivity (Wildman–Crippen MR) is 126 cm³/mol. The molecule has 1 aliphatic heterocycles.